The van der Waals surface area contributed by atoms with Crippen molar-refractivity contribution in [3.05, 3.63) is 35.5 Å². The van der Waals surface area contributed by atoms with Crippen LogP contribution in [0.5, 0.6) is 0 Å². The fourth-order valence-corrected chi connectivity index (χ4v) is 1.60. The van der Waals surface area contributed by atoms with Gasteiger partial charge in [0.1, 0.15) is 5.82 Å². The van der Waals surface area contributed by atoms with E-state index in [4.69, 9.17) is 4.42 Å². The normalized spacial score (nSPS) is 11.7. The van der Waals surface area contributed by atoms with Gasteiger partial charge in [-0.2, -0.15) is 0 Å². The lowest BCUT2D eigenvalue weighted by Gasteiger charge is -2.18. The maximum atomic E-state index is 13.0. The zero-order valence-corrected chi connectivity index (χ0v) is 12.1. The molecule has 0 aliphatic rings. The summed E-state index contributed by atoms with van der Waals surface area (Å²) in [4.78, 5) is 0. The van der Waals surface area contributed by atoms with Crippen molar-refractivity contribution >= 4 is 11.7 Å². The molecule has 0 saturated carbocycles. The van der Waals surface area contributed by atoms with Crippen molar-refractivity contribution in [1.29, 1.82) is 0 Å². The van der Waals surface area contributed by atoms with Gasteiger partial charge < -0.3 is 15.1 Å². The lowest BCUT2D eigenvalue weighted by atomic mass is 10.1. The zero-order valence-electron chi connectivity index (χ0n) is 12.1. The molecule has 5 nitrogen and oxygen atoms in total. The van der Waals surface area contributed by atoms with Gasteiger partial charge in [-0.05, 0) is 51.5 Å². The minimum absolute atomic E-state index is 0.0182. The van der Waals surface area contributed by atoms with Crippen molar-refractivity contribution in [3.8, 4) is 0 Å². The van der Waals surface area contributed by atoms with Gasteiger partial charge in [0, 0.05) is 11.2 Å². The number of hydrogen-bond acceptors (Lipinski definition) is 5. The number of anilines is 2. The first kappa shape index (κ1) is 14.5. The van der Waals surface area contributed by atoms with Crippen molar-refractivity contribution < 1.29 is 8.81 Å². The number of halogens is 1. The summed E-state index contributed by atoms with van der Waals surface area (Å²) in [6.07, 6.45) is 0. The highest BCUT2D eigenvalue weighted by atomic mass is 19.1. The van der Waals surface area contributed by atoms with E-state index in [1.165, 1.54) is 12.1 Å². The molecule has 0 aliphatic carbocycles. The first-order chi connectivity index (χ1) is 9.33. The summed E-state index contributed by atoms with van der Waals surface area (Å²) in [5, 5.41) is 14.1. The maximum absolute atomic E-state index is 13.0. The molecule has 0 amide bonds. The van der Waals surface area contributed by atoms with E-state index in [0.717, 1.165) is 11.3 Å². The van der Waals surface area contributed by atoms with Gasteiger partial charge in [0.05, 0.1) is 6.54 Å². The molecule has 108 valence electrons. The highest BCUT2D eigenvalue weighted by Crippen LogP contribution is 2.20. The number of nitrogens with zero attached hydrogens (tertiary/aromatic N) is 2. The molecule has 0 atom stereocenters. The summed E-state index contributed by atoms with van der Waals surface area (Å²) < 4.78 is 18.5. The van der Waals surface area contributed by atoms with Gasteiger partial charge in [-0.15, -0.1) is 5.10 Å². The Bertz CT molecular complexity index is 589. The Hall–Kier alpha value is -1.95. The van der Waals surface area contributed by atoms with E-state index in [-0.39, 0.29) is 11.4 Å². The number of aryl methyl sites for hydroxylation is 1. The zero-order chi connectivity index (χ0) is 14.8. The van der Waals surface area contributed by atoms with Gasteiger partial charge in [-0.1, -0.05) is 5.10 Å². The highest BCUT2D eigenvalue weighted by molar-refractivity contribution is 5.56. The van der Waals surface area contributed by atoms with E-state index in [9.17, 15) is 4.39 Å². The van der Waals surface area contributed by atoms with Crippen LogP contribution < -0.4 is 10.6 Å². The molecule has 0 spiro atoms. The second kappa shape index (κ2) is 5.58. The molecule has 6 heteroatoms. The van der Waals surface area contributed by atoms with Crippen LogP contribution in [0.2, 0.25) is 0 Å². The molecule has 0 radical (unpaired) electrons. The van der Waals surface area contributed by atoms with Crippen LogP contribution in [0.25, 0.3) is 0 Å². The van der Waals surface area contributed by atoms with Crippen LogP contribution in [-0.2, 0) is 6.54 Å². The molecular formula is C14H19FN4O. The van der Waals surface area contributed by atoms with Crippen LogP contribution in [0, 0.1) is 12.7 Å². The van der Waals surface area contributed by atoms with E-state index >= 15 is 0 Å². The molecule has 1 heterocycles. The molecule has 0 bridgehead atoms. The Morgan fingerprint density at radius 1 is 1.25 bits per heavy atom. The molecule has 0 fully saturated rings. The Kier molecular flexibility index (Phi) is 4.04. The summed E-state index contributed by atoms with van der Waals surface area (Å²) >= 11 is 0. The predicted molar refractivity (Wildman–Crippen MR) is 75.3 cm³/mol. The topological polar surface area (TPSA) is 63.0 Å². The third kappa shape index (κ3) is 4.03. The summed E-state index contributed by atoms with van der Waals surface area (Å²) in [7, 11) is 0. The van der Waals surface area contributed by atoms with Crippen LogP contribution in [0.15, 0.2) is 22.6 Å². The molecule has 1 aromatic carbocycles. The largest absolute Gasteiger partial charge is 0.406 e. The van der Waals surface area contributed by atoms with E-state index in [1.807, 2.05) is 6.92 Å². The van der Waals surface area contributed by atoms with Gasteiger partial charge >= 0.3 is 6.01 Å². The second-order valence-corrected chi connectivity index (χ2v) is 5.69. The van der Waals surface area contributed by atoms with Crippen LogP contribution in [0.1, 0.15) is 32.2 Å². The number of hydrogen-bond donors (Lipinski definition) is 2. The molecule has 0 saturated heterocycles. The molecule has 2 N–H and O–H groups in total. The first-order valence-electron chi connectivity index (χ1n) is 6.44. The molecular weight excluding hydrogens is 259 g/mol. The van der Waals surface area contributed by atoms with Crippen molar-refractivity contribution in [1.82, 2.24) is 15.5 Å². The summed E-state index contributed by atoms with van der Waals surface area (Å²) in [5.74, 6) is 0.232. The third-order valence-corrected chi connectivity index (χ3v) is 2.67. The average Bonchev–Trinajstić information content (AvgIpc) is 2.77. The van der Waals surface area contributed by atoms with Gasteiger partial charge in [0.25, 0.3) is 0 Å². The number of benzene rings is 1. The smallest absolute Gasteiger partial charge is 0.320 e. The predicted octanol–water partition coefficient (Wildman–Crippen LogP) is 3.15. The monoisotopic (exact) mass is 278 g/mol. The van der Waals surface area contributed by atoms with Gasteiger partial charge in [-0.3, -0.25) is 0 Å². The second-order valence-electron chi connectivity index (χ2n) is 5.69. The van der Waals surface area contributed by atoms with Crippen molar-refractivity contribution in [2.75, 3.05) is 5.32 Å². The van der Waals surface area contributed by atoms with Crippen molar-refractivity contribution in [3.63, 3.8) is 0 Å². The fraction of sp³-hybridized carbons (Fsp3) is 0.429. The lowest BCUT2D eigenvalue weighted by molar-refractivity contribution is 0.384. The van der Waals surface area contributed by atoms with Crippen LogP contribution >= 0.6 is 0 Å². The van der Waals surface area contributed by atoms with Crippen molar-refractivity contribution in [2.24, 2.45) is 0 Å². The fourth-order valence-electron chi connectivity index (χ4n) is 1.60. The minimum atomic E-state index is -0.270. The van der Waals surface area contributed by atoms with Gasteiger partial charge in [0.2, 0.25) is 5.89 Å². The van der Waals surface area contributed by atoms with E-state index in [0.29, 0.717) is 18.5 Å². The van der Waals surface area contributed by atoms with Gasteiger partial charge in [0.15, 0.2) is 0 Å². The number of aromatic nitrogens is 2. The molecule has 0 aliphatic heterocycles. The third-order valence-electron chi connectivity index (χ3n) is 2.67. The molecule has 20 heavy (non-hydrogen) atoms. The first-order valence-corrected chi connectivity index (χ1v) is 6.44. The molecule has 0 unspecified atom stereocenters. The Morgan fingerprint density at radius 3 is 2.65 bits per heavy atom. The summed E-state index contributed by atoms with van der Waals surface area (Å²) in [6, 6.07) is 4.77. The number of rotatable bonds is 4. The highest BCUT2D eigenvalue weighted by Gasteiger charge is 2.12. The van der Waals surface area contributed by atoms with Gasteiger partial charge in [-0.25, -0.2) is 4.39 Å². The summed E-state index contributed by atoms with van der Waals surface area (Å²) in [5.41, 5.74) is 1.50. The minimum Gasteiger partial charge on any atom is -0.406 e. The Morgan fingerprint density at radius 2 is 2.00 bits per heavy atom. The van der Waals surface area contributed by atoms with E-state index < -0.39 is 0 Å². The van der Waals surface area contributed by atoms with E-state index in [2.05, 4.69) is 41.6 Å². The van der Waals surface area contributed by atoms with Crippen LogP contribution in [0.4, 0.5) is 16.1 Å². The maximum Gasteiger partial charge on any atom is 0.320 e. The average molecular weight is 278 g/mol. The molecule has 1 aromatic heterocycles. The van der Waals surface area contributed by atoms with Crippen LogP contribution in [0.3, 0.4) is 0 Å². The molecule has 2 rings (SSSR count). The standard InChI is InChI=1S/C14H19FN4O/c1-9-7-10(15)5-6-11(9)17-13-19-18-12(20-13)8-16-14(2,3)4/h5-7,16H,8H2,1-4H3,(H,17,19). The number of nitrogens with one attached hydrogen (secondary N) is 2. The lowest BCUT2D eigenvalue weighted by Crippen LogP contribution is -2.35. The quantitative estimate of drug-likeness (QED) is 0.899. The molecule has 2 aromatic rings. The van der Waals surface area contributed by atoms with E-state index in [1.54, 1.807) is 6.07 Å². The SMILES string of the molecule is Cc1cc(F)ccc1Nc1nnc(CNC(C)(C)C)o1. The van der Waals surface area contributed by atoms with Crippen molar-refractivity contribution in [2.45, 2.75) is 39.8 Å². The Labute approximate surface area is 117 Å². The Balaban J connectivity index is 2.02. The van der Waals surface area contributed by atoms with Crippen LogP contribution in [-0.4, -0.2) is 15.7 Å². The summed E-state index contributed by atoms with van der Waals surface area (Å²) in [6.45, 7) is 8.49.